The molecule has 1 aromatic carbocycles. The Hall–Kier alpha value is -3.35. The SMILES string of the molecule is O=C1CCC(N2C=C3C=CC(=O)C(OCC4COc5ccccc5C4)=C3C2)C(=O)N1. The second kappa shape index (κ2) is 7.48. The van der Waals surface area contributed by atoms with Crippen molar-refractivity contribution in [1.82, 2.24) is 10.2 Å². The predicted molar refractivity (Wildman–Crippen MR) is 107 cm³/mol. The molecule has 0 radical (unpaired) electrons. The Bertz CT molecular complexity index is 1020. The van der Waals surface area contributed by atoms with E-state index < -0.39 is 6.04 Å². The molecule has 5 rings (SSSR count). The Morgan fingerprint density at radius 2 is 2.03 bits per heavy atom. The Morgan fingerprint density at radius 1 is 1.17 bits per heavy atom. The fourth-order valence-corrected chi connectivity index (χ4v) is 4.37. The number of nitrogens with zero attached hydrogens (tertiary/aromatic N) is 1. The molecule has 0 aromatic heterocycles. The lowest BCUT2D eigenvalue weighted by molar-refractivity contribution is -0.136. The molecule has 2 amide bonds. The first-order valence-electron chi connectivity index (χ1n) is 10.2. The molecule has 30 heavy (non-hydrogen) atoms. The van der Waals surface area contributed by atoms with Gasteiger partial charge in [-0.3, -0.25) is 19.7 Å². The number of ketones is 1. The van der Waals surface area contributed by atoms with Gasteiger partial charge in [0.2, 0.25) is 17.6 Å². The monoisotopic (exact) mass is 406 g/mol. The summed E-state index contributed by atoms with van der Waals surface area (Å²) in [5.74, 6) is 0.718. The summed E-state index contributed by atoms with van der Waals surface area (Å²) < 4.78 is 11.8. The lowest BCUT2D eigenvalue weighted by atomic mass is 9.97. The fraction of sp³-hybridized carbons (Fsp3) is 0.348. The summed E-state index contributed by atoms with van der Waals surface area (Å²) in [6.07, 6.45) is 6.77. The highest BCUT2D eigenvalue weighted by atomic mass is 16.5. The number of ether oxygens (including phenoxy) is 2. The van der Waals surface area contributed by atoms with Crippen LogP contribution in [0.25, 0.3) is 0 Å². The number of fused-ring (bicyclic) bond motifs is 2. The van der Waals surface area contributed by atoms with Crippen LogP contribution in [0.4, 0.5) is 0 Å². The third-order valence-corrected chi connectivity index (χ3v) is 5.94. The highest BCUT2D eigenvalue weighted by Gasteiger charge is 2.36. The van der Waals surface area contributed by atoms with Gasteiger partial charge in [-0.15, -0.1) is 0 Å². The number of carbonyl (C=O) groups is 3. The van der Waals surface area contributed by atoms with Crippen LogP contribution in [0.1, 0.15) is 18.4 Å². The molecule has 0 saturated carbocycles. The van der Waals surface area contributed by atoms with Gasteiger partial charge in [0, 0.05) is 30.7 Å². The van der Waals surface area contributed by atoms with Crippen molar-refractivity contribution in [2.24, 2.45) is 5.92 Å². The number of imide groups is 1. The molecule has 3 heterocycles. The van der Waals surface area contributed by atoms with Gasteiger partial charge in [0.15, 0.2) is 5.76 Å². The number of nitrogens with one attached hydrogen (secondary N) is 1. The van der Waals surface area contributed by atoms with Gasteiger partial charge in [-0.1, -0.05) is 18.2 Å². The van der Waals surface area contributed by atoms with E-state index in [2.05, 4.69) is 5.32 Å². The van der Waals surface area contributed by atoms with Gasteiger partial charge >= 0.3 is 0 Å². The zero-order valence-corrected chi connectivity index (χ0v) is 16.4. The second-order valence-corrected chi connectivity index (χ2v) is 8.03. The molecule has 2 unspecified atom stereocenters. The van der Waals surface area contributed by atoms with E-state index in [1.165, 1.54) is 6.08 Å². The molecule has 2 atom stereocenters. The van der Waals surface area contributed by atoms with E-state index >= 15 is 0 Å². The van der Waals surface area contributed by atoms with Crippen molar-refractivity contribution in [1.29, 1.82) is 0 Å². The van der Waals surface area contributed by atoms with Crippen LogP contribution in [0, 0.1) is 5.92 Å². The summed E-state index contributed by atoms with van der Waals surface area (Å²) in [6.45, 7) is 1.35. The molecule has 1 N–H and O–H groups in total. The first-order valence-corrected chi connectivity index (χ1v) is 10.2. The first-order chi connectivity index (χ1) is 14.6. The Morgan fingerprint density at radius 3 is 2.90 bits per heavy atom. The number of benzene rings is 1. The molecule has 154 valence electrons. The molecule has 7 heteroatoms. The number of hydrogen-bond acceptors (Lipinski definition) is 6. The van der Waals surface area contributed by atoms with Crippen molar-refractivity contribution in [3.05, 3.63) is 65.1 Å². The maximum absolute atomic E-state index is 12.5. The maximum Gasteiger partial charge on any atom is 0.249 e. The van der Waals surface area contributed by atoms with Crippen LogP contribution in [0.15, 0.2) is 59.5 Å². The molecule has 0 spiro atoms. The molecule has 3 aliphatic heterocycles. The Balaban J connectivity index is 1.29. The van der Waals surface area contributed by atoms with Gasteiger partial charge in [-0.05, 0) is 42.2 Å². The van der Waals surface area contributed by atoms with Crippen LogP contribution < -0.4 is 10.1 Å². The number of piperidine rings is 1. The quantitative estimate of drug-likeness (QED) is 0.766. The summed E-state index contributed by atoms with van der Waals surface area (Å²) in [6, 6.07) is 7.54. The van der Waals surface area contributed by atoms with E-state index in [-0.39, 0.29) is 23.5 Å². The number of para-hydroxylation sites is 1. The third-order valence-electron chi connectivity index (χ3n) is 5.94. The van der Waals surface area contributed by atoms with Crippen molar-refractivity contribution < 1.29 is 23.9 Å². The van der Waals surface area contributed by atoms with E-state index in [0.29, 0.717) is 38.4 Å². The van der Waals surface area contributed by atoms with E-state index in [1.807, 2.05) is 35.4 Å². The van der Waals surface area contributed by atoms with E-state index in [4.69, 9.17) is 9.47 Å². The smallest absolute Gasteiger partial charge is 0.249 e. The van der Waals surface area contributed by atoms with Crippen LogP contribution in [-0.2, 0) is 25.5 Å². The van der Waals surface area contributed by atoms with Crippen LogP contribution >= 0.6 is 0 Å². The third kappa shape index (κ3) is 3.40. The van der Waals surface area contributed by atoms with Crippen molar-refractivity contribution in [2.45, 2.75) is 25.3 Å². The minimum absolute atomic E-state index is 0.159. The first kappa shape index (κ1) is 18.7. The molecule has 0 bridgehead atoms. The van der Waals surface area contributed by atoms with Crippen LogP contribution in [0.3, 0.4) is 0 Å². The fourth-order valence-electron chi connectivity index (χ4n) is 4.37. The van der Waals surface area contributed by atoms with E-state index in [1.54, 1.807) is 6.08 Å². The van der Waals surface area contributed by atoms with Crippen molar-refractivity contribution in [2.75, 3.05) is 19.8 Å². The molecular weight excluding hydrogens is 384 g/mol. The molecule has 1 aliphatic carbocycles. The Kier molecular flexibility index (Phi) is 4.65. The van der Waals surface area contributed by atoms with Crippen LogP contribution in [-0.4, -0.2) is 48.3 Å². The maximum atomic E-state index is 12.5. The lowest BCUT2D eigenvalue weighted by Crippen LogP contribution is -2.50. The number of rotatable bonds is 4. The van der Waals surface area contributed by atoms with Gasteiger partial charge in [0.25, 0.3) is 0 Å². The van der Waals surface area contributed by atoms with Crippen LogP contribution in [0.2, 0.25) is 0 Å². The number of allylic oxidation sites excluding steroid dienone is 2. The highest BCUT2D eigenvalue weighted by Crippen LogP contribution is 2.33. The predicted octanol–water partition coefficient (Wildman–Crippen LogP) is 1.65. The Labute approximate surface area is 174 Å². The van der Waals surface area contributed by atoms with E-state index in [9.17, 15) is 14.4 Å². The molecule has 1 fully saturated rings. The normalized spacial score (nSPS) is 25.4. The van der Waals surface area contributed by atoms with Crippen LogP contribution in [0.5, 0.6) is 5.75 Å². The average molecular weight is 406 g/mol. The molecular formula is C23H22N2O5. The zero-order chi connectivity index (χ0) is 20.7. The van der Waals surface area contributed by atoms with Gasteiger partial charge in [-0.2, -0.15) is 0 Å². The number of hydrogen-bond donors (Lipinski definition) is 1. The van der Waals surface area contributed by atoms with Gasteiger partial charge in [0.1, 0.15) is 11.8 Å². The summed E-state index contributed by atoms with van der Waals surface area (Å²) in [5.41, 5.74) is 2.82. The largest absolute Gasteiger partial charge is 0.493 e. The summed E-state index contributed by atoms with van der Waals surface area (Å²) >= 11 is 0. The number of amides is 2. The molecule has 7 nitrogen and oxygen atoms in total. The average Bonchev–Trinajstić information content (AvgIpc) is 3.17. The van der Waals surface area contributed by atoms with Crippen molar-refractivity contribution in [3.63, 3.8) is 0 Å². The minimum atomic E-state index is -0.415. The molecule has 1 saturated heterocycles. The number of carbonyl (C=O) groups excluding carboxylic acids is 3. The summed E-state index contributed by atoms with van der Waals surface area (Å²) in [4.78, 5) is 38.1. The molecule has 4 aliphatic rings. The van der Waals surface area contributed by atoms with Gasteiger partial charge in [0.05, 0.1) is 13.2 Å². The van der Waals surface area contributed by atoms with E-state index in [0.717, 1.165) is 28.9 Å². The molecule has 1 aromatic rings. The summed E-state index contributed by atoms with van der Waals surface area (Å²) in [5, 5.41) is 2.39. The highest BCUT2D eigenvalue weighted by molar-refractivity contribution is 6.06. The topological polar surface area (TPSA) is 84.9 Å². The van der Waals surface area contributed by atoms with Gasteiger partial charge < -0.3 is 14.4 Å². The van der Waals surface area contributed by atoms with Crippen molar-refractivity contribution in [3.8, 4) is 5.75 Å². The second-order valence-electron chi connectivity index (χ2n) is 8.03. The minimum Gasteiger partial charge on any atom is -0.493 e. The standard InChI is InChI=1S/C23H22N2O5/c26-19-7-5-16-10-25(18-6-8-21(27)24-23(18)28)11-17(16)22(19)30-13-14-9-15-3-1-2-4-20(15)29-12-14/h1-5,7,10,14,18H,6,8-9,11-13H2,(H,24,27,28). The van der Waals surface area contributed by atoms with Gasteiger partial charge in [-0.25, -0.2) is 0 Å². The van der Waals surface area contributed by atoms with Crippen molar-refractivity contribution >= 4 is 17.6 Å². The lowest BCUT2D eigenvalue weighted by Gasteiger charge is -2.29. The zero-order valence-electron chi connectivity index (χ0n) is 16.4. The summed E-state index contributed by atoms with van der Waals surface area (Å²) in [7, 11) is 0.